The first-order valence-corrected chi connectivity index (χ1v) is 9.37. The molecule has 112 valence electrons. The fraction of sp³-hybridized carbons (Fsp3) is 0.923. The smallest absolute Gasteiger partial charge is 0.187 e. The highest BCUT2D eigenvalue weighted by Crippen LogP contribution is 2.38. The van der Waals surface area contributed by atoms with Gasteiger partial charge >= 0.3 is 0 Å². The number of unbranched alkanes of at least 4 members (excludes halogenated alkanes) is 3. The molecule has 0 aromatic rings. The van der Waals surface area contributed by atoms with Crippen molar-refractivity contribution in [3.8, 4) is 0 Å². The Bertz CT molecular complexity index is 284. The summed E-state index contributed by atoms with van der Waals surface area (Å²) in [5, 5.41) is 5.74. The maximum Gasteiger partial charge on any atom is 0.187 e. The van der Waals surface area contributed by atoms with Gasteiger partial charge in [0, 0.05) is 20.1 Å². The summed E-state index contributed by atoms with van der Waals surface area (Å²) in [4.78, 5) is 6.90. The third-order valence-corrected chi connectivity index (χ3v) is 5.77. The minimum absolute atomic E-state index is 0.251. The van der Waals surface area contributed by atoms with Crippen molar-refractivity contribution in [1.82, 2.24) is 14.9 Å². The fourth-order valence-electron chi connectivity index (χ4n) is 1.92. The molecule has 19 heavy (non-hydrogen) atoms. The lowest BCUT2D eigenvalue weighted by atomic mass is 10.2. The van der Waals surface area contributed by atoms with E-state index >= 15 is 0 Å². The lowest BCUT2D eigenvalue weighted by Gasteiger charge is -2.31. The van der Waals surface area contributed by atoms with Gasteiger partial charge in [0.25, 0.3) is 0 Å². The second kappa shape index (κ2) is 9.10. The van der Waals surface area contributed by atoms with Gasteiger partial charge < -0.3 is 0 Å². The van der Waals surface area contributed by atoms with Crippen LogP contribution in [-0.4, -0.2) is 59.8 Å². The topological polar surface area (TPSA) is 22.1 Å². The van der Waals surface area contributed by atoms with Crippen LogP contribution in [0.3, 0.4) is 0 Å². The number of hydrogen-bond donors (Lipinski definition) is 0. The Morgan fingerprint density at radius 2 is 1.84 bits per heavy atom. The van der Waals surface area contributed by atoms with Crippen molar-refractivity contribution in [3.63, 3.8) is 0 Å². The first kappa shape index (κ1) is 17.1. The van der Waals surface area contributed by atoms with Gasteiger partial charge in [-0.2, -0.15) is 0 Å². The zero-order valence-corrected chi connectivity index (χ0v) is 14.6. The van der Waals surface area contributed by atoms with E-state index in [1.807, 2.05) is 10.8 Å². The Kier molecular flexibility index (Phi) is 8.21. The summed E-state index contributed by atoms with van der Waals surface area (Å²) in [7, 11) is 9.89. The first-order chi connectivity index (χ1) is 9.10. The predicted octanol–water partition coefficient (Wildman–Crippen LogP) is 3.33. The fourth-order valence-corrected chi connectivity index (χ4v) is 4.46. The largest absolute Gasteiger partial charge is 0.287 e. The molecule has 0 bridgehead atoms. The molecule has 0 aliphatic carbocycles. The summed E-state index contributed by atoms with van der Waals surface area (Å²) in [6, 6.07) is 0. The molecule has 0 fully saturated rings. The monoisotopic (exact) mass is 304 g/mol. The summed E-state index contributed by atoms with van der Waals surface area (Å²) < 4.78 is 0. The lowest BCUT2D eigenvalue weighted by Crippen LogP contribution is -2.42. The van der Waals surface area contributed by atoms with Gasteiger partial charge in [-0.05, 0) is 42.1 Å². The van der Waals surface area contributed by atoms with Crippen LogP contribution >= 0.6 is 21.6 Å². The molecule has 0 amide bonds. The Labute approximate surface area is 126 Å². The molecule has 1 atom stereocenters. The summed E-state index contributed by atoms with van der Waals surface area (Å²) in [5.41, 5.74) is 0.251. The summed E-state index contributed by atoms with van der Waals surface area (Å²) in [6.07, 6.45) is 5.24. The maximum atomic E-state index is 4.75. The number of aliphatic imine (C=N–C) groups is 1. The van der Waals surface area contributed by atoms with Crippen molar-refractivity contribution in [2.45, 2.75) is 45.0 Å². The summed E-state index contributed by atoms with van der Waals surface area (Å²) in [5.74, 6) is 0. The van der Waals surface area contributed by atoms with Gasteiger partial charge in [0.05, 0.1) is 0 Å². The molecule has 1 heterocycles. The minimum Gasteiger partial charge on any atom is -0.287 e. The second-order valence-corrected chi connectivity index (χ2v) is 7.23. The Morgan fingerprint density at radius 3 is 2.37 bits per heavy atom. The number of rotatable bonds is 8. The molecule has 0 aromatic carbocycles. The van der Waals surface area contributed by atoms with E-state index in [0.717, 1.165) is 18.3 Å². The number of hydrazine groups is 1. The molecule has 1 unspecified atom stereocenters. The van der Waals surface area contributed by atoms with Gasteiger partial charge in [0.15, 0.2) is 10.7 Å². The highest BCUT2D eigenvalue weighted by atomic mass is 33.1. The van der Waals surface area contributed by atoms with Gasteiger partial charge in [0.1, 0.15) is 0 Å². The van der Waals surface area contributed by atoms with Gasteiger partial charge in [-0.25, -0.2) is 10.0 Å². The highest BCUT2D eigenvalue weighted by molar-refractivity contribution is 8.82. The van der Waals surface area contributed by atoms with E-state index in [1.54, 1.807) is 10.8 Å². The van der Waals surface area contributed by atoms with E-state index < -0.39 is 0 Å². The molecule has 0 radical (unpaired) electrons. The average Bonchev–Trinajstić information content (AvgIpc) is 2.88. The molecule has 0 saturated heterocycles. The van der Waals surface area contributed by atoms with Crippen molar-refractivity contribution < 1.29 is 0 Å². The molecule has 1 aliphatic heterocycles. The van der Waals surface area contributed by atoms with E-state index in [4.69, 9.17) is 4.99 Å². The lowest BCUT2D eigenvalue weighted by molar-refractivity contribution is 0.0772. The standard InChI is InChI=1S/C13H28N4S2/c1-6-8-9-10-11-17(7-2)16(5)13-14-12(15(3)4)18-19-13/h12H,6-11H2,1-5H3. The van der Waals surface area contributed by atoms with Crippen LogP contribution in [0.25, 0.3) is 0 Å². The quantitative estimate of drug-likeness (QED) is 0.388. The number of nitrogens with zero attached hydrogens (tertiary/aromatic N) is 4. The van der Waals surface area contributed by atoms with E-state index in [9.17, 15) is 0 Å². The molecule has 6 heteroatoms. The van der Waals surface area contributed by atoms with Crippen molar-refractivity contribution in [2.24, 2.45) is 4.99 Å². The normalized spacial score (nSPS) is 19.3. The second-order valence-electron chi connectivity index (χ2n) is 5.01. The van der Waals surface area contributed by atoms with E-state index in [0.29, 0.717) is 0 Å². The predicted molar refractivity (Wildman–Crippen MR) is 89.2 cm³/mol. The molecule has 0 aromatic heterocycles. The van der Waals surface area contributed by atoms with Crippen molar-refractivity contribution >= 4 is 26.8 Å². The average molecular weight is 305 g/mol. The Morgan fingerprint density at radius 1 is 1.11 bits per heavy atom. The van der Waals surface area contributed by atoms with Gasteiger partial charge in [0.2, 0.25) is 0 Å². The van der Waals surface area contributed by atoms with Crippen LogP contribution < -0.4 is 0 Å². The van der Waals surface area contributed by atoms with E-state index in [2.05, 4.69) is 49.9 Å². The molecular formula is C13H28N4S2. The summed E-state index contributed by atoms with van der Waals surface area (Å²) >= 11 is 0. The van der Waals surface area contributed by atoms with E-state index in [1.165, 1.54) is 25.7 Å². The van der Waals surface area contributed by atoms with Gasteiger partial charge in [-0.15, -0.1) is 0 Å². The third-order valence-electron chi connectivity index (χ3n) is 3.21. The Balaban J connectivity index is 2.45. The molecular weight excluding hydrogens is 276 g/mol. The van der Waals surface area contributed by atoms with Gasteiger partial charge in [-0.3, -0.25) is 9.91 Å². The first-order valence-electron chi connectivity index (χ1n) is 7.16. The van der Waals surface area contributed by atoms with Gasteiger partial charge in [-0.1, -0.05) is 33.1 Å². The highest BCUT2D eigenvalue weighted by Gasteiger charge is 2.25. The Hall–Kier alpha value is 0.0900. The minimum atomic E-state index is 0.251. The van der Waals surface area contributed by atoms with Crippen LogP contribution in [0.15, 0.2) is 4.99 Å². The van der Waals surface area contributed by atoms with Crippen LogP contribution in [0.1, 0.15) is 39.5 Å². The number of hydrogen-bond acceptors (Lipinski definition) is 6. The maximum absolute atomic E-state index is 4.75. The summed E-state index contributed by atoms with van der Waals surface area (Å²) in [6.45, 7) is 6.64. The molecule has 1 rings (SSSR count). The van der Waals surface area contributed by atoms with Crippen LogP contribution in [-0.2, 0) is 0 Å². The SMILES string of the molecule is CCCCCCN(CC)N(C)C1=NC(N(C)C)SS1. The van der Waals surface area contributed by atoms with Crippen LogP contribution in [0.5, 0.6) is 0 Å². The zero-order chi connectivity index (χ0) is 14.3. The molecule has 4 nitrogen and oxygen atoms in total. The van der Waals surface area contributed by atoms with Crippen LogP contribution in [0, 0.1) is 0 Å². The van der Waals surface area contributed by atoms with Crippen LogP contribution in [0.4, 0.5) is 0 Å². The van der Waals surface area contributed by atoms with Crippen molar-refractivity contribution in [2.75, 3.05) is 34.2 Å². The molecule has 0 spiro atoms. The van der Waals surface area contributed by atoms with Crippen molar-refractivity contribution in [3.05, 3.63) is 0 Å². The molecule has 0 saturated carbocycles. The molecule has 0 N–H and O–H groups in total. The third kappa shape index (κ3) is 5.53. The number of amidine groups is 1. The van der Waals surface area contributed by atoms with Crippen molar-refractivity contribution in [1.29, 1.82) is 0 Å². The zero-order valence-electron chi connectivity index (χ0n) is 12.9. The molecule has 1 aliphatic rings. The van der Waals surface area contributed by atoms with Crippen LogP contribution in [0.2, 0.25) is 0 Å². The van der Waals surface area contributed by atoms with E-state index in [-0.39, 0.29) is 5.50 Å².